The van der Waals surface area contributed by atoms with Crippen molar-refractivity contribution >= 4 is 5.82 Å². The van der Waals surface area contributed by atoms with Crippen LogP contribution in [-0.4, -0.2) is 16.5 Å². The van der Waals surface area contributed by atoms with Crippen molar-refractivity contribution in [3.8, 4) is 5.88 Å². The zero-order chi connectivity index (χ0) is 13.8. The largest absolute Gasteiger partial charge is 0.469 e. The summed E-state index contributed by atoms with van der Waals surface area (Å²) in [6.07, 6.45) is 5.05. The van der Waals surface area contributed by atoms with Crippen molar-refractivity contribution in [2.75, 3.05) is 11.9 Å². The molecule has 0 aliphatic heterocycles. The van der Waals surface area contributed by atoms with Gasteiger partial charge in [-0.25, -0.2) is 4.98 Å². The molecule has 0 radical (unpaired) electrons. The molecule has 2 aromatic heterocycles. The van der Waals surface area contributed by atoms with Crippen LogP contribution in [0.2, 0.25) is 0 Å². The maximum Gasteiger partial charge on any atom is 0.219 e. The lowest BCUT2D eigenvalue weighted by Gasteiger charge is -2.09. The lowest BCUT2D eigenvalue weighted by molar-refractivity contribution is 0.259. The van der Waals surface area contributed by atoms with Gasteiger partial charge in [0.1, 0.15) is 24.0 Å². The Morgan fingerprint density at radius 1 is 1.40 bits per heavy atom. The van der Waals surface area contributed by atoms with Gasteiger partial charge in [0.15, 0.2) is 0 Å². The van der Waals surface area contributed by atoms with Crippen LogP contribution in [0, 0.1) is 0 Å². The maximum absolute atomic E-state index is 5.70. The molecular weight excluding hydrogens is 254 g/mol. The monoisotopic (exact) mass is 273 g/mol. The zero-order valence-corrected chi connectivity index (χ0v) is 11.6. The van der Waals surface area contributed by atoms with Gasteiger partial charge >= 0.3 is 0 Å². The third kappa shape index (κ3) is 3.29. The van der Waals surface area contributed by atoms with E-state index in [0.29, 0.717) is 18.4 Å². The highest BCUT2D eigenvalue weighted by Crippen LogP contribution is 2.39. The number of nitrogens with zero attached hydrogens (tertiary/aromatic N) is 2. The van der Waals surface area contributed by atoms with E-state index in [9.17, 15) is 0 Å². The first kappa shape index (κ1) is 13.0. The molecule has 0 atom stereocenters. The van der Waals surface area contributed by atoms with Crippen LogP contribution in [0.5, 0.6) is 5.88 Å². The molecule has 106 valence electrons. The van der Waals surface area contributed by atoms with Gasteiger partial charge in [-0.15, -0.1) is 0 Å². The number of rotatable bonds is 7. The molecule has 0 spiro atoms. The third-order valence-corrected chi connectivity index (χ3v) is 3.16. The Kier molecular flexibility index (Phi) is 3.85. The molecule has 1 aliphatic carbocycles. The normalized spacial score (nSPS) is 14.2. The molecule has 5 nitrogen and oxygen atoms in total. The standard InChI is InChI=1S/C15H19N3O2/c1-2-7-16-13-9-14(18-15(17-13)11-5-6-11)20-10-12-4-3-8-19-12/h3-4,8-9,11H,2,5-7,10H2,1H3,(H,16,17,18). The summed E-state index contributed by atoms with van der Waals surface area (Å²) in [7, 11) is 0. The van der Waals surface area contributed by atoms with E-state index in [1.54, 1.807) is 6.26 Å². The molecule has 0 aromatic carbocycles. The molecule has 0 unspecified atom stereocenters. The minimum atomic E-state index is 0.390. The smallest absolute Gasteiger partial charge is 0.219 e. The van der Waals surface area contributed by atoms with Crippen LogP contribution in [0.4, 0.5) is 5.82 Å². The molecule has 5 heteroatoms. The fraction of sp³-hybridized carbons (Fsp3) is 0.467. The minimum absolute atomic E-state index is 0.390. The predicted octanol–water partition coefficient (Wildman–Crippen LogP) is 3.35. The molecular formula is C15H19N3O2. The lowest BCUT2D eigenvalue weighted by Crippen LogP contribution is -2.06. The summed E-state index contributed by atoms with van der Waals surface area (Å²) in [6, 6.07) is 5.59. The Morgan fingerprint density at radius 2 is 2.30 bits per heavy atom. The van der Waals surface area contributed by atoms with Crippen molar-refractivity contribution in [3.63, 3.8) is 0 Å². The van der Waals surface area contributed by atoms with E-state index in [2.05, 4.69) is 22.2 Å². The number of furan rings is 1. The first-order chi connectivity index (χ1) is 9.85. The summed E-state index contributed by atoms with van der Waals surface area (Å²) in [5.74, 6) is 3.64. The molecule has 0 saturated heterocycles. The van der Waals surface area contributed by atoms with Crippen LogP contribution < -0.4 is 10.1 Å². The number of aromatic nitrogens is 2. The van der Waals surface area contributed by atoms with E-state index < -0.39 is 0 Å². The first-order valence-corrected chi connectivity index (χ1v) is 7.13. The molecule has 20 heavy (non-hydrogen) atoms. The van der Waals surface area contributed by atoms with Gasteiger partial charge in [0.05, 0.1) is 6.26 Å². The summed E-state index contributed by atoms with van der Waals surface area (Å²) < 4.78 is 11.0. The van der Waals surface area contributed by atoms with Gasteiger partial charge in [-0.3, -0.25) is 0 Å². The van der Waals surface area contributed by atoms with E-state index in [-0.39, 0.29) is 0 Å². The Hall–Kier alpha value is -2.04. The summed E-state index contributed by atoms with van der Waals surface area (Å²) in [5.41, 5.74) is 0. The molecule has 2 aromatic rings. The van der Waals surface area contributed by atoms with E-state index in [1.165, 1.54) is 12.8 Å². The van der Waals surface area contributed by atoms with Crippen molar-refractivity contribution in [1.29, 1.82) is 0 Å². The van der Waals surface area contributed by atoms with Crippen LogP contribution in [0.25, 0.3) is 0 Å². The van der Waals surface area contributed by atoms with Crippen LogP contribution in [-0.2, 0) is 6.61 Å². The zero-order valence-electron chi connectivity index (χ0n) is 11.6. The van der Waals surface area contributed by atoms with Gasteiger partial charge in [0.25, 0.3) is 0 Å². The van der Waals surface area contributed by atoms with Crippen LogP contribution in [0.3, 0.4) is 0 Å². The second-order valence-corrected chi connectivity index (χ2v) is 5.02. The van der Waals surface area contributed by atoms with E-state index in [1.807, 2.05) is 18.2 Å². The Bertz CT molecular complexity index is 550. The van der Waals surface area contributed by atoms with Crippen molar-refractivity contribution in [3.05, 3.63) is 36.0 Å². The van der Waals surface area contributed by atoms with Gasteiger partial charge in [-0.1, -0.05) is 6.92 Å². The molecule has 1 N–H and O–H groups in total. The van der Waals surface area contributed by atoms with E-state index in [4.69, 9.17) is 9.15 Å². The number of nitrogens with one attached hydrogen (secondary N) is 1. The van der Waals surface area contributed by atoms with Crippen LogP contribution in [0.1, 0.15) is 43.7 Å². The molecule has 1 fully saturated rings. The van der Waals surface area contributed by atoms with Crippen molar-refractivity contribution in [2.45, 2.75) is 38.7 Å². The highest BCUT2D eigenvalue weighted by Gasteiger charge is 2.27. The highest BCUT2D eigenvalue weighted by atomic mass is 16.5. The number of hydrogen-bond acceptors (Lipinski definition) is 5. The number of ether oxygens (including phenoxy) is 1. The van der Waals surface area contributed by atoms with Gasteiger partial charge in [0, 0.05) is 18.5 Å². The topological polar surface area (TPSA) is 60.2 Å². The minimum Gasteiger partial charge on any atom is -0.469 e. The number of anilines is 1. The lowest BCUT2D eigenvalue weighted by atomic mass is 10.3. The van der Waals surface area contributed by atoms with Crippen molar-refractivity contribution in [1.82, 2.24) is 9.97 Å². The molecule has 2 heterocycles. The van der Waals surface area contributed by atoms with Gasteiger partial charge < -0.3 is 14.5 Å². The maximum atomic E-state index is 5.70. The van der Waals surface area contributed by atoms with Crippen LogP contribution in [0.15, 0.2) is 28.9 Å². The summed E-state index contributed by atoms with van der Waals surface area (Å²) in [6.45, 7) is 3.42. The summed E-state index contributed by atoms with van der Waals surface area (Å²) >= 11 is 0. The highest BCUT2D eigenvalue weighted by molar-refractivity contribution is 5.39. The molecule has 0 amide bonds. The second-order valence-electron chi connectivity index (χ2n) is 5.02. The SMILES string of the molecule is CCCNc1cc(OCc2ccco2)nc(C2CC2)n1. The molecule has 0 bridgehead atoms. The van der Waals surface area contributed by atoms with E-state index >= 15 is 0 Å². The first-order valence-electron chi connectivity index (χ1n) is 7.13. The Balaban J connectivity index is 1.72. The second kappa shape index (κ2) is 5.94. The summed E-state index contributed by atoms with van der Waals surface area (Å²) in [5, 5.41) is 3.30. The third-order valence-electron chi connectivity index (χ3n) is 3.16. The van der Waals surface area contributed by atoms with Crippen molar-refractivity contribution < 1.29 is 9.15 Å². The molecule has 1 saturated carbocycles. The van der Waals surface area contributed by atoms with Crippen molar-refractivity contribution in [2.24, 2.45) is 0 Å². The quantitative estimate of drug-likeness (QED) is 0.838. The fourth-order valence-electron chi connectivity index (χ4n) is 1.92. The Labute approximate surface area is 118 Å². The van der Waals surface area contributed by atoms with E-state index in [0.717, 1.165) is 30.4 Å². The van der Waals surface area contributed by atoms with Gasteiger partial charge in [0.2, 0.25) is 5.88 Å². The Morgan fingerprint density at radius 3 is 3.00 bits per heavy atom. The number of hydrogen-bond donors (Lipinski definition) is 1. The average Bonchev–Trinajstić information content (AvgIpc) is 3.20. The molecule has 3 rings (SSSR count). The van der Waals surface area contributed by atoms with Crippen LogP contribution >= 0.6 is 0 Å². The predicted molar refractivity (Wildman–Crippen MR) is 75.8 cm³/mol. The average molecular weight is 273 g/mol. The molecule has 1 aliphatic rings. The van der Waals surface area contributed by atoms with Gasteiger partial charge in [-0.05, 0) is 31.4 Å². The fourth-order valence-corrected chi connectivity index (χ4v) is 1.92. The van der Waals surface area contributed by atoms with Gasteiger partial charge in [-0.2, -0.15) is 4.98 Å². The summed E-state index contributed by atoms with van der Waals surface area (Å²) in [4.78, 5) is 9.04.